The molecule has 0 aliphatic heterocycles. The van der Waals surface area contributed by atoms with Crippen LogP contribution in [-0.2, 0) is 14.8 Å². The van der Waals surface area contributed by atoms with Gasteiger partial charge in [0.05, 0.1) is 11.0 Å². The summed E-state index contributed by atoms with van der Waals surface area (Å²) in [5.41, 5.74) is 8.78. The highest BCUT2D eigenvalue weighted by molar-refractivity contribution is 7.89. The standard InChI is InChI=1S/C15H24N2O3S/c1-5-20-13-7-12(8-13)17-21(18,19)15-10(3)6-9(2)14(16)11(15)4/h6,12-13,17H,5,7-8,16H2,1-4H3. The summed E-state index contributed by atoms with van der Waals surface area (Å²) < 4.78 is 33.4. The van der Waals surface area contributed by atoms with Crippen LogP contribution >= 0.6 is 0 Å². The van der Waals surface area contributed by atoms with Crippen molar-refractivity contribution in [2.75, 3.05) is 12.3 Å². The lowest BCUT2D eigenvalue weighted by atomic mass is 9.90. The van der Waals surface area contributed by atoms with Crippen LogP contribution in [0, 0.1) is 20.8 Å². The van der Waals surface area contributed by atoms with E-state index in [1.807, 2.05) is 19.9 Å². The van der Waals surface area contributed by atoms with E-state index in [4.69, 9.17) is 10.5 Å². The average molecular weight is 312 g/mol. The summed E-state index contributed by atoms with van der Waals surface area (Å²) >= 11 is 0. The highest BCUT2D eigenvalue weighted by atomic mass is 32.2. The fourth-order valence-corrected chi connectivity index (χ4v) is 4.65. The van der Waals surface area contributed by atoms with E-state index in [2.05, 4.69) is 4.72 Å². The molecule has 0 aromatic heterocycles. The van der Waals surface area contributed by atoms with Crippen molar-refractivity contribution in [3.05, 3.63) is 22.8 Å². The van der Waals surface area contributed by atoms with E-state index < -0.39 is 10.0 Å². The van der Waals surface area contributed by atoms with Gasteiger partial charge in [0.25, 0.3) is 0 Å². The lowest BCUT2D eigenvalue weighted by Crippen LogP contribution is -2.47. The van der Waals surface area contributed by atoms with Crippen molar-refractivity contribution >= 4 is 15.7 Å². The number of anilines is 1. The molecule has 3 N–H and O–H groups in total. The Balaban J connectivity index is 2.20. The van der Waals surface area contributed by atoms with Crippen LogP contribution in [0.25, 0.3) is 0 Å². The van der Waals surface area contributed by atoms with Gasteiger partial charge >= 0.3 is 0 Å². The summed E-state index contributed by atoms with van der Waals surface area (Å²) in [6, 6.07) is 1.77. The molecular weight excluding hydrogens is 288 g/mol. The number of nitrogen functional groups attached to an aromatic ring is 1. The van der Waals surface area contributed by atoms with Gasteiger partial charge in [0.1, 0.15) is 0 Å². The third kappa shape index (κ3) is 3.22. The first-order chi connectivity index (χ1) is 9.76. The van der Waals surface area contributed by atoms with Gasteiger partial charge in [-0.25, -0.2) is 13.1 Å². The van der Waals surface area contributed by atoms with Gasteiger partial charge in [0.15, 0.2) is 0 Å². The number of nitrogens with two attached hydrogens (primary N) is 1. The lowest BCUT2D eigenvalue weighted by Gasteiger charge is -2.35. The first-order valence-corrected chi connectivity index (χ1v) is 8.74. The van der Waals surface area contributed by atoms with Crippen LogP contribution in [0.5, 0.6) is 0 Å². The molecule has 1 aromatic carbocycles. The van der Waals surface area contributed by atoms with E-state index in [0.29, 0.717) is 22.8 Å². The Hall–Kier alpha value is -1.11. The Morgan fingerprint density at radius 2 is 1.90 bits per heavy atom. The number of sulfonamides is 1. The zero-order valence-corrected chi connectivity index (χ0v) is 13.9. The maximum Gasteiger partial charge on any atom is 0.241 e. The molecule has 1 fully saturated rings. The van der Waals surface area contributed by atoms with Crippen LogP contribution in [0.4, 0.5) is 5.69 Å². The van der Waals surface area contributed by atoms with Crippen LogP contribution in [-0.4, -0.2) is 27.2 Å². The number of benzene rings is 1. The zero-order chi connectivity index (χ0) is 15.8. The van der Waals surface area contributed by atoms with Gasteiger partial charge in [-0.15, -0.1) is 0 Å². The van der Waals surface area contributed by atoms with Crippen molar-refractivity contribution in [1.82, 2.24) is 4.72 Å². The molecule has 1 aliphatic rings. The van der Waals surface area contributed by atoms with E-state index in [-0.39, 0.29) is 12.1 Å². The van der Waals surface area contributed by atoms with Gasteiger partial charge in [0, 0.05) is 18.3 Å². The molecule has 0 atom stereocenters. The van der Waals surface area contributed by atoms with Gasteiger partial charge < -0.3 is 10.5 Å². The second kappa shape index (κ2) is 5.94. The van der Waals surface area contributed by atoms with Gasteiger partial charge in [-0.1, -0.05) is 6.07 Å². The van der Waals surface area contributed by atoms with Crippen molar-refractivity contribution in [2.45, 2.75) is 57.6 Å². The molecule has 0 heterocycles. The molecule has 1 aromatic rings. The second-order valence-electron chi connectivity index (χ2n) is 5.75. The van der Waals surface area contributed by atoms with Gasteiger partial charge in [-0.2, -0.15) is 0 Å². The maximum absolute atomic E-state index is 12.6. The average Bonchev–Trinajstić information content (AvgIpc) is 2.33. The number of hydrogen-bond acceptors (Lipinski definition) is 4. The molecule has 118 valence electrons. The molecular formula is C15H24N2O3S. The van der Waals surface area contributed by atoms with Gasteiger partial charge in [0.2, 0.25) is 10.0 Å². The Kier molecular flexibility index (Phi) is 4.60. The summed E-state index contributed by atoms with van der Waals surface area (Å²) in [5.74, 6) is 0. The fourth-order valence-electron chi connectivity index (χ4n) is 2.91. The molecule has 0 radical (unpaired) electrons. The summed E-state index contributed by atoms with van der Waals surface area (Å²) in [5, 5.41) is 0. The van der Waals surface area contributed by atoms with Crippen LogP contribution in [0.3, 0.4) is 0 Å². The Morgan fingerprint density at radius 1 is 1.29 bits per heavy atom. The highest BCUT2D eigenvalue weighted by Gasteiger charge is 2.34. The van der Waals surface area contributed by atoms with Crippen molar-refractivity contribution in [1.29, 1.82) is 0 Å². The van der Waals surface area contributed by atoms with Crippen molar-refractivity contribution in [3.8, 4) is 0 Å². The normalized spacial score (nSPS) is 22.1. The number of rotatable bonds is 5. The molecule has 1 saturated carbocycles. The van der Waals surface area contributed by atoms with Gasteiger partial charge in [-0.05, 0) is 57.2 Å². The number of ether oxygens (including phenoxy) is 1. The van der Waals surface area contributed by atoms with Crippen molar-refractivity contribution < 1.29 is 13.2 Å². The number of hydrogen-bond donors (Lipinski definition) is 2. The zero-order valence-electron chi connectivity index (χ0n) is 13.1. The summed E-state index contributed by atoms with van der Waals surface area (Å²) in [7, 11) is -3.54. The molecule has 0 amide bonds. The van der Waals surface area contributed by atoms with Crippen LogP contribution in [0.2, 0.25) is 0 Å². The van der Waals surface area contributed by atoms with Crippen LogP contribution in [0.15, 0.2) is 11.0 Å². The van der Waals surface area contributed by atoms with Crippen LogP contribution in [0.1, 0.15) is 36.5 Å². The summed E-state index contributed by atoms with van der Waals surface area (Å²) in [4.78, 5) is 0.311. The van der Waals surface area contributed by atoms with E-state index >= 15 is 0 Å². The van der Waals surface area contributed by atoms with E-state index in [1.165, 1.54) is 0 Å². The molecule has 0 unspecified atom stereocenters. The first-order valence-electron chi connectivity index (χ1n) is 7.26. The quantitative estimate of drug-likeness (QED) is 0.815. The van der Waals surface area contributed by atoms with E-state index in [1.54, 1.807) is 13.8 Å². The second-order valence-corrected chi connectivity index (χ2v) is 7.40. The Morgan fingerprint density at radius 3 is 2.48 bits per heavy atom. The minimum absolute atomic E-state index is 0.0483. The molecule has 1 aliphatic carbocycles. The van der Waals surface area contributed by atoms with Crippen LogP contribution < -0.4 is 10.5 Å². The number of aryl methyl sites for hydroxylation is 2. The topological polar surface area (TPSA) is 81.4 Å². The van der Waals surface area contributed by atoms with Crippen molar-refractivity contribution in [3.63, 3.8) is 0 Å². The molecule has 21 heavy (non-hydrogen) atoms. The van der Waals surface area contributed by atoms with Crippen molar-refractivity contribution in [2.24, 2.45) is 0 Å². The molecule has 6 heteroatoms. The smallest absolute Gasteiger partial charge is 0.241 e. The predicted molar refractivity (Wildman–Crippen MR) is 83.8 cm³/mol. The first kappa shape index (κ1) is 16.3. The Bertz CT molecular complexity index is 635. The molecule has 5 nitrogen and oxygen atoms in total. The SMILES string of the molecule is CCOC1CC(NS(=O)(=O)c2c(C)cc(C)c(N)c2C)C1. The largest absolute Gasteiger partial charge is 0.398 e. The number of nitrogens with one attached hydrogen (secondary N) is 1. The van der Waals surface area contributed by atoms with E-state index in [0.717, 1.165) is 24.0 Å². The lowest BCUT2D eigenvalue weighted by molar-refractivity contribution is -0.00476. The molecule has 0 bridgehead atoms. The third-order valence-corrected chi connectivity index (χ3v) is 5.86. The maximum atomic E-state index is 12.6. The molecule has 0 saturated heterocycles. The van der Waals surface area contributed by atoms with E-state index in [9.17, 15) is 8.42 Å². The fraction of sp³-hybridized carbons (Fsp3) is 0.600. The minimum atomic E-state index is -3.54. The highest BCUT2D eigenvalue weighted by Crippen LogP contribution is 2.30. The predicted octanol–water partition coefficient (Wildman–Crippen LogP) is 2.04. The molecule has 2 rings (SSSR count). The van der Waals surface area contributed by atoms with Gasteiger partial charge in [-0.3, -0.25) is 0 Å². The molecule has 0 spiro atoms. The summed E-state index contributed by atoms with van der Waals surface area (Å²) in [6.07, 6.45) is 1.63. The minimum Gasteiger partial charge on any atom is -0.398 e. The summed E-state index contributed by atoms with van der Waals surface area (Å²) in [6.45, 7) is 8.05. The third-order valence-electron chi connectivity index (χ3n) is 4.05. The Labute approximate surface area is 126 Å². The monoisotopic (exact) mass is 312 g/mol.